The van der Waals surface area contributed by atoms with Gasteiger partial charge in [0, 0.05) is 5.39 Å². The molecule has 6 heteroatoms. The van der Waals surface area contributed by atoms with Crippen LogP contribution in [0.3, 0.4) is 0 Å². The normalized spacial score (nSPS) is 10.8. The van der Waals surface area contributed by atoms with Crippen LogP contribution in [0.5, 0.6) is 5.75 Å². The lowest BCUT2D eigenvalue weighted by Gasteiger charge is -2.05. The molecule has 0 saturated heterocycles. The van der Waals surface area contributed by atoms with Crippen LogP contribution in [0.15, 0.2) is 18.2 Å². The molecule has 0 N–H and O–H groups in total. The van der Waals surface area contributed by atoms with Gasteiger partial charge >= 0.3 is 6.09 Å². The van der Waals surface area contributed by atoms with E-state index in [4.69, 9.17) is 9.47 Å². The quantitative estimate of drug-likeness (QED) is 0.577. The van der Waals surface area contributed by atoms with Crippen molar-refractivity contribution < 1.29 is 14.3 Å². The van der Waals surface area contributed by atoms with Gasteiger partial charge in [0.2, 0.25) is 0 Å². The molecule has 108 valence electrons. The third kappa shape index (κ3) is 3.23. The van der Waals surface area contributed by atoms with Gasteiger partial charge in [-0.15, -0.1) is 0 Å². The van der Waals surface area contributed by atoms with Gasteiger partial charge in [0.1, 0.15) is 9.45 Å². The Morgan fingerprint density at radius 3 is 2.90 bits per heavy atom. The Morgan fingerprint density at radius 2 is 2.20 bits per heavy atom. The van der Waals surface area contributed by atoms with E-state index in [0.29, 0.717) is 13.2 Å². The van der Waals surface area contributed by atoms with Crippen molar-refractivity contribution in [2.75, 3.05) is 13.2 Å². The summed E-state index contributed by atoms with van der Waals surface area (Å²) in [7, 11) is 0. The molecular formula is C14H17IN2O3. The lowest BCUT2D eigenvalue weighted by Crippen LogP contribution is -2.15. The van der Waals surface area contributed by atoms with Gasteiger partial charge in [0.15, 0.2) is 0 Å². The SMILES string of the molecule is CCCCOC(=O)n1nc(I)c2cc(OCC)ccc21. The van der Waals surface area contributed by atoms with Crippen molar-refractivity contribution in [3.8, 4) is 5.75 Å². The van der Waals surface area contributed by atoms with Gasteiger partial charge in [-0.2, -0.15) is 9.78 Å². The zero-order chi connectivity index (χ0) is 14.5. The smallest absolute Gasteiger partial charge is 0.435 e. The third-order valence-corrected chi connectivity index (χ3v) is 3.61. The summed E-state index contributed by atoms with van der Waals surface area (Å²) < 4.78 is 12.7. The van der Waals surface area contributed by atoms with Crippen LogP contribution in [0.4, 0.5) is 4.79 Å². The van der Waals surface area contributed by atoms with Gasteiger partial charge in [0.05, 0.1) is 18.7 Å². The monoisotopic (exact) mass is 388 g/mol. The van der Waals surface area contributed by atoms with Crippen LogP contribution < -0.4 is 4.74 Å². The number of unbranched alkanes of at least 4 members (excludes halogenated alkanes) is 1. The Kier molecular flexibility index (Phi) is 5.22. The second-order valence-corrected chi connectivity index (χ2v) is 5.30. The third-order valence-electron chi connectivity index (χ3n) is 2.81. The maximum absolute atomic E-state index is 12.0. The molecule has 2 rings (SSSR count). The van der Waals surface area contributed by atoms with Crippen LogP contribution in [-0.2, 0) is 4.74 Å². The van der Waals surface area contributed by atoms with Crippen molar-refractivity contribution in [2.45, 2.75) is 26.7 Å². The molecule has 0 bridgehead atoms. The number of aromatic nitrogens is 2. The molecule has 5 nitrogen and oxygen atoms in total. The molecule has 0 saturated carbocycles. The lowest BCUT2D eigenvalue weighted by atomic mass is 10.2. The van der Waals surface area contributed by atoms with Crippen molar-refractivity contribution in [3.05, 3.63) is 21.9 Å². The summed E-state index contributed by atoms with van der Waals surface area (Å²) >= 11 is 2.11. The van der Waals surface area contributed by atoms with E-state index in [-0.39, 0.29) is 0 Å². The number of ether oxygens (including phenoxy) is 2. The molecular weight excluding hydrogens is 371 g/mol. The van der Waals surface area contributed by atoms with E-state index >= 15 is 0 Å². The Balaban J connectivity index is 2.28. The first kappa shape index (κ1) is 15.1. The van der Waals surface area contributed by atoms with Crippen LogP contribution in [-0.4, -0.2) is 29.1 Å². The number of rotatable bonds is 5. The summed E-state index contributed by atoms with van der Waals surface area (Å²) in [5.41, 5.74) is 0.736. The highest BCUT2D eigenvalue weighted by atomic mass is 127. The van der Waals surface area contributed by atoms with Crippen molar-refractivity contribution in [3.63, 3.8) is 0 Å². The minimum absolute atomic E-state index is 0.421. The Bertz CT molecular complexity index is 610. The fraction of sp³-hybridized carbons (Fsp3) is 0.429. The second-order valence-electron chi connectivity index (χ2n) is 4.28. The molecule has 0 radical (unpaired) electrons. The van der Waals surface area contributed by atoms with Crippen LogP contribution in [0.25, 0.3) is 10.9 Å². The molecule has 0 fully saturated rings. The number of halogens is 1. The van der Waals surface area contributed by atoms with Crippen LogP contribution in [0, 0.1) is 3.70 Å². The first-order valence-electron chi connectivity index (χ1n) is 6.65. The lowest BCUT2D eigenvalue weighted by molar-refractivity contribution is 0.144. The molecule has 1 heterocycles. The molecule has 0 spiro atoms. The summed E-state index contributed by atoms with van der Waals surface area (Å²) in [4.78, 5) is 12.0. The minimum Gasteiger partial charge on any atom is -0.494 e. The van der Waals surface area contributed by atoms with E-state index in [2.05, 4.69) is 34.6 Å². The summed E-state index contributed by atoms with van der Waals surface area (Å²) in [6, 6.07) is 5.55. The van der Waals surface area contributed by atoms with Crippen LogP contribution >= 0.6 is 22.6 Å². The minimum atomic E-state index is -0.435. The average Bonchev–Trinajstić information content (AvgIpc) is 2.77. The standard InChI is InChI=1S/C14H17IN2O3/c1-3-5-8-20-14(18)17-12-7-6-10(19-4-2)9-11(12)13(15)16-17/h6-7,9H,3-5,8H2,1-2H3. The van der Waals surface area contributed by atoms with E-state index in [1.807, 2.05) is 25.1 Å². The number of carbonyl (C=O) groups is 1. The molecule has 1 aromatic carbocycles. The molecule has 0 unspecified atom stereocenters. The summed E-state index contributed by atoms with van der Waals surface area (Å²) in [5, 5.41) is 5.14. The van der Waals surface area contributed by atoms with Gasteiger partial charge in [-0.05, 0) is 54.1 Å². The maximum Gasteiger partial charge on any atom is 0.435 e. The highest BCUT2D eigenvalue weighted by Crippen LogP contribution is 2.25. The van der Waals surface area contributed by atoms with E-state index in [9.17, 15) is 4.79 Å². The number of hydrogen-bond acceptors (Lipinski definition) is 4. The Hall–Kier alpha value is -1.31. The van der Waals surface area contributed by atoms with E-state index in [1.54, 1.807) is 0 Å². The van der Waals surface area contributed by atoms with E-state index < -0.39 is 6.09 Å². The molecule has 0 atom stereocenters. The molecule has 0 aliphatic heterocycles. The van der Waals surface area contributed by atoms with Crippen molar-refractivity contribution >= 4 is 39.6 Å². The van der Waals surface area contributed by atoms with E-state index in [0.717, 1.165) is 33.2 Å². The topological polar surface area (TPSA) is 53.4 Å². The largest absolute Gasteiger partial charge is 0.494 e. The summed E-state index contributed by atoms with van der Waals surface area (Å²) in [5.74, 6) is 0.775. The highest BCUT2D eigenvalue weighted by Gasteiger charge is 2.15. The molecule has 1 aromatic heterocycles. The predicted octanol–water partition coefficient (Wildman–Crippen LogP) is 3.82. The number of fused-ring (bicyclic) bond motifs is 1. The van der Waals surface area contributed by atoms with Gasteiger partial charge < -0.3 is 9.47 Å². The van der Waals surface area contributed by atoms with Crippen LogP contribution in [0.2, 0.25) is 0 Å². The molecule has 0 amide bonds. The first-order valence-corrected chi connectivity index (χ1v) is 7.73. The van der Waals surface area contributed by atoms with Gasteiger partial charge in [-0.25, -0.2) is 4.79 Å². The highest BCUT2D eigenvalue weighted by molar-refractivity contribution is 14.1. The fourth-order valence-corrected chi connectivity index (χ4v) is 2.47. The van der Waals surface area contributed by atoms with E-state index in [1.165, 1.54) is 4.68 Å². The van der Waals surface area contributed by atoms with Gasteiger partial charge in [-0.3, -0.25) is 0 Å². The molecule has 20 heavy (non-hydrogen) atoms. The van der Waals surface area contributed by atoms with Crippen molar-refractivity contribution in [1.29, 1.82) is 0 Å². The zero-order valence-corrected chi connectivity index (χ0v) is 13.7. The molecule has 0 aliphatic rings. The van der Waals surface area contributed by atoms with Gasteiger partial charge in [0.25, 0.3) is 0 Å². The average molecular weight is 388 g/mol. The number of hydrogen-bond donors (Lipinski definition) is 0. The summed E-state index contributed by atoms with van der Waals surface area (Å²) in [6.45, 7) is 5.01. The second kappa shape index (κ2) is 6.92. The maximum atomic E-state index is 12.0. The van der Waals surface area contributed by atoms with Crippen LogP contribution in [0.1, 0.15) is 26.7 Å². The Morgan fingerprint density at radius 1 is 1.40 bits per heavy atom. The zero-order valence-electron chi connectivity index (χ0n) is 11.6. The van der Waals surface area contributed by atoms with Crippen molar-refractivity contribution in [1.82, 2.24) is 9.78 Å². The summed E-state index contributed by atoms with van der Waals surface area (Å²) in [6.07, 6.45) is 1.41. The molecule has 2 aromatic rings. The predicted molar refractivity (Wildman–Crippen MR) is 85.3 cm³/mol. The molecule has 0 aliphatic carbocycles. The number of carbonyl (C=O) groups excluding carboxylic acids is 1. The number of benzene rings is 1. The Labute approximate surface area is 131 Å². The van der Waals surface area contributed by atoms with Crippen molar-refractivity contribution in [2.24, 2.45) is 0 Å². The number of nitrogens with zero attached hydrogens (tertiary/aromatic N) is 2. The van der Waals surface area contributed by atoms with Gasteiger partial charge in [-0.1, -0.05) is 13.3 Å². The fourth-order valence-electron chi connectivity index (χ4n) is 1.82. The first-order chi connectivity index (χ1) is 9.67.